The molecule has 0 radical (unpaired) electrons. The van der Waals surface area contributed by atoms with Gasteiger partial charge in [0, 0.05) is 0 Å². The van der Waals surface area contributed by atoms with E-state index in [9.17, 15) is 0 Å². The minimum Gasteiger partial charge on any atom is -0.412 e. The van der Waals surface area contributed by atoms with Crippen molar-refractivity contribution in [2.75, 3.05) is 0 Å². The number of rotatable bonds is 0. The van der Waals surface area contributed by atoms with Crippen molar-refractivity contribution in [1.29, 1.82) is 0 Å². The van der Waals surface area contributed by atoms with Gasteiger partial charge >= 0.3 is 0 Å². The normalized spacial score (nSPS) is 0. The average molecular weight is 126 g/mol. The second kappa shape index (κ2) is 1630. The smallest absolute Gasteiger partial charge is 0.369 e. The summed E-state index contributed by atoms with van der Waals surface area (Å²) in [5, 5.41) is 0. The molecule has 0 amide bonds. The summed E-state index contributed by atoms with van der Waals surface area (Å²) in [5.41, 5.74) is 0. The maximum atomic E-state index is 0. The van der Waals surface area contributed by atoms with E-state index in [2.05, 4.69) is 0 Å². The minimum atomic E-state index is 0. The predicted octanol–water partition coefficient (Wildman–Crippen LogP) is -4.57. The highest BCUT2D eigenvalue weighted by atomic mass is 16.0. The molecule has 7 nitrogen and oxygen atoms in total. The Bertz CT molecular complexity index is 4.14. The maximum Gasteiger partial charge on any atom is -0.369 e. The maximum absolute atomic E-state index is 0. The third-order valence-electron chi connectivity index (χ3n) is 0. The van der Waals surface area contributed by atoms with Gasteiger partial charge in [0.05, 0.1) is 0 Å². The summed E-state index contributed by atoms with van der Waals surface area (Å²) in [6.45, 7) is 0. The van der Waals surface area contributed by atoms with Gasteiger partial charge in [-0.25, -0.2) is 0 Å². The van der Waals surface area contributed by atoms with Crippen LogP contribution in [0.4, 0.5) is 0 Å². The molecule has 0 fully saturated rings. The van der Waals surface area contributed by atoms with Crippen molar-refractivity contribution >= 4 is 0 Å². The highest BCUT2D eigenvalue weighted by Gasteiger charge is -0.369. The van der Waals surface area contributed by atoms with Crippen molar-refractivity contribution in [3.8, 4) is 0 Å². The number of hydrogen-bond acceptors (Lipinski definition) is 0. The van der Waals surface area contributed by atoms with Gasteiger partial charge < -0.3 is 39.0 Å². The van der Waals surface area contributed by atoms with Gasteiger partial charge in [0.2, 0.25) is 0 Å². The Morgan fingerprint density at radius 1 is 0.286 bits per heavy atom. The zero-order chi connectivity index (χ0) is 0. The minimum absolute atomic E-state index is 0. The highest BCUT2D eigenvalue weighted by molar-refractivity contribution is 2.13. The first-order valence-corrected chi connectivity index (χ1v) is 0. The lowest BCUT2D eigenvalue weighted by molar-refractivity contribution is 0.823. The Labute approximate surface area is 40.4 Å². The molecule has 0 aliphatic rings. The van der Waals surface area contributed by atoms with Crippen molar-refractivity contribution in [1.82, 2.24) is 6.15 Å². The van der Waals surface area contributed by atoms with Crippen molar-refractivity contribution < 1.29 is 32.9 Å². The standard InChI is InChI=1S/H3N.6H2O/h1H3;6*1H2/p+1. The number of hydrogen-bond donors (Lipinski definition) is 1. The molecule has 7 heteroatoms. The molecule has 0 aromatic rings. The van der Waals surface area contributed by atoms with Crippen molar-refractivity contribution in [2.24, 2.45) is 0 Å². The molecule has 0 atom stereocenters. The Morgan fingerprint density at radius 2 is 0.286 bits per heavy atom. The summed E-state index contributed by atoms with van der Waals surface area (Å²) in [5.74, 6) is 0. The first-order valence-electron chi connectivity index (χ1n) is 0. The van der Waals surface area contributed by atoms with Crippen LogP contribution in [-0.2, 0) is 0 Å². The Kier molecular flexibility index (Phi) is 651000. The van der Waals surface area contributed by atoms with Gasteiger partial charge in [-0.1, -0.05) is 0 Å². The molecule has 7 heavy (non-hydrogen) atoms. The van der Waals surface area contributed by atoms with Gasteiger partial charge in [-0.05, 0) is 0 Å². The number of quaternary nitrogens is 1. The molecule has 16 N–H and O–H groups in total. The Hall–Kier alpha value is -0.280. The summed E-state index contributed by atoms with van der Waals surface area (Å²) in [7, 11) is 0. The Balaban J connectivity index is 0. The van der Waals surface area contributed by atoms with E-state index in [1.54, 1.807) is 0 Å². The zero-order valence-corrected chi connectivity index (χ0v) is 4.00. The fourth-order valence-corrected chi connectivity index (χ4v) is 0. The fourth-order valence-electron chi connectivity index (χ4n) is 0. The van der Waals surface area contributed by atoms with E-state index in [0.29, 0.717) is 0 Å². The molecular weight excluding hydrogens is 110 g/mol. The van der Waals surface area contributed by atoms with Crippen LogP contribution >= 0.6 is 0 Å². The molecule has 0 spiro atoms. The summed E-state index contributed by atoms with van der Waals surface area (Å²) in [6.07, 6.45) is 0. The molecule has 0 aromatic heterocycles. The van der Waals surface area contributed by atoms with Crippen LogP contribution in [0.5, 0.6) is 0 Å². The van der Waals surface area contributed by atoms with E-state index in [4.69, 9.17) is 0 Å². The third kappa shape index (κ3) is 1010. The summed E-state index contributed by atoms with van der Waals surface area (Å²) in [4.78, 5) is 0. The molecule has 0 saturated heterocycles. The fraction of sp³-hybridized carbons (Fsp3) is 0. The molecule has 0 bridgehead atoms. The summed E-state index contributed by atoms with van der Waals surface area (Å²) >= 11 is 0. The molecule has 0 aromatic carbocycles. The van der Waals surface area contributed by atoms with Crippen molar-refractivity contribution in [2.45, 2.75) is 0 Å². The second-order valence-electron chi connectivity index (χ2n) is 0. The van der Waals surface area contributed by atoms with Crippen molar-refractivity contribution in [3.63, 3.8) is 0 Å². The molecule has 56 valence electrons. The van der Waals surface area contributed by atoms with Gasteiger partial charge in [0.25, 0.3) is 0 Å². The quantitative estimate of drug-likeness (QED) is 0.323. The lowest BCUT2D eigenvalue weighted by atomic mass is 14.0. The van der Waals surface area contributed by atoms with E-state index in [1.165, 1.54) is 0 Å². The lowest BCUT2D eigenvalue weighted by Crippen LogP contribution is -0.481. The monoisotopic (exact) mass is 126 g/mol. The summed E-state index contributed by atoms with van der Waals surface area (Å²) < 4.78 is 0. The van der Waals surface area contributed by atoms with E-state index >= 15 is 0 Å². The van der Waals surface area contributed by atoms with Crippen LogP contribution in [0.15, 0.2) is 0 Å². The van der Waals surface area contributed by atoms with Gasteiger partial charge in [-0.3, -0.25) is 0 Å². The van der Waals surface area contributed by atoms with Crippen LogP contribution < -0.4 is 6.15 Å². The van der Waals surface area contributed by atoms with E-state index in [-0.39, 0.29) is 39.0 Å². The second-order valence-corrected chi connectivity index (χ2v) is 0. The molecule has 0 aliphatic heterocycles. The van der Waals surface area contributed by atoms with Crippen LogP contribution in [0, 0.1) is 0 Å². The molecule has 0 unspecified atom stereocenters. The first kappa shape index (κ1) is 2800. The summed E-state index contributed by atoms with van der Waals surface area (Å²) in [6, 6.07) is 0. The van der Waals surface area contributed by atoms with Gasteiger partial charge in [0.1, 0.15) is 0 Å². The molecule has 0 rings (SSSR count). The lowest BCUT2D eigenvalue weighted by Gasteiger charge is -0.413. The van der Waals surface area contributed by atoms with E-state index < -0.39 is 0 Å². The highest BCUT2D eigenvalue weighted by Crippen LogP contribution is -0.284. The molecule has 0 aliphatic carbocycles. The largest absolute Gasteiger partial charge is 0.412 e. The van der Waals surface area contributed by atoms with Crippen LogP contribution in [-0.4, -0.2) is 32.9 Å². The van der Waals surface area contributed by atoms with Gasteiger partial charge in [-0.2, -0.15) is 0 Å². The van der Waals surface area contributed by atoms with Gasteiger partial charge in [-0.15, -0.1) is 0 Å². The molecule has 0 saturated carbocycles. The van der Waals surface area contributed by atoms with Crippen LogP contribution in [0.2, 0.25) is 0 Å². The molecule has 0 heterocycles. The van der Waals surface area contributed by atoms with Gasteiger partial charge in [0.15, 0.2) is 0 Å². The van der Waals surface area contributed by atoms with E-state index in [0.717, 1.165) is 0 Å². The Morgan fingerprint density at radius 3 is 0.286 bits per heavy atom. The zero-order valence-electron chi connectivity index (χ0n) is 4.00. The topological polar surface area (TPSA) is 226 Å². The average Bonchev–Trinajstić information content (AvgIpc) is 0. The SMILES string of the molecule is O.O.O.O.O.O.[NH4+]. The third-order valence-corrected chi connectivity index (χ3v) is 0. The van der Waals surface area contributed by atoms with Crippen LogP contribution in [0.3, 0.4) is 0 Å². The van der Waals surface area contributed by atoms with Crippen molar-refractivity contribution in [3.05, 3.63) is 0 Å². The molecular formula is H16NO6+. The first-order chi connectivity index (χ1) is 0. The van der Waals surface area contributed by atoms with Crippen LogP contribution in [0.1, 0.15) is 0 Å². The predicted molar refractivity (Wildman–Crippen MR) is 27.7 cm³/mol. The van der Waals surface area contributed by atoms with E-state index in [1.807, 2.05) is 0 Å². The van der Waals surface area contributed by atoms with Crippen LogP contribution in [0.25, 0.3) is 0 Å².